The lowest BCUT2D eigenvalue weighted by atomic mass is 9.86. The fraction of sp³-hybridized carbons (Fsp3) is 0.500. The molecule has 0 spiro atoms. The third kappa shape index (κ3) is 5.43. The van der Waals surface area contributed by atoms with Crippen LogP contribution in [-0.4, -0.2) is 17.0 Å². The molecule has 1 amide bonds. The number of nitrogens with one attached hydrogen (secondary N) is 1. The maximum Gasteiger partial charge on any atom is 0.303 e. The van der Waals surface area contributed by atoms with Gasteiger partial charge in [0.1, 0.15) is 0 Å². The predicted octanol–water partition coefficient (Wildman–Crippen LogP) is 3.57. The van der Waals surface area contributed by atoms with E-state index in [0.29, 0.717) is 19.3 Å². The lowest BCUT2D eigenvalue weighted by molar-refractivity contribution is -0.137. The van der Waals surface area contributed by atoms with E-state index in [4.69, 9.17) is 5.11 Å². The van der Waals surface area contributed by atoms with Crippen LogP contribution in [0.25, 0.3) is 0 Å². The molecule has 0 radical (unpaired) electrons. The minimum absolute atomic E-state index is 0.0345. The first-order valence-corrected chi connectivity index (χ1v) is 6.92. The highest BCUT2D eigenvalue weighted by molar-refractivity contribution is 5.91. The third-order valence-electron chi connectivity index (χ3n) is 3.05. The zero-order chi connectivity index (χ0) is 15.2. The van der Waals surface area contributed by atoms with Crippen molar-refractivity contribution in [1.82, 2.24) is 0 Å². The van der Waals surface area contributed by atoms with E-state index < -0.39 is 5.97 Å². The summed E-state index contributed by atoms with van der Waals surface area (Å²) < 4.78 is 0. The molecular weight excluding hydrogens is 254 g/mol. The Bertz CT molecular complexity index is 475. The van der Waals surface area contributed by atoms with Crippen molar-refractivity contribution >= 4 is 17.6 Å². The van der Waals surface area contributed by atoms with Gasteiger partial charge in [-0.15, -0.1) is 0 Å². The second-order valence-corrected chi connectivity index (χ2v) is 5.94. The van der Waals surface area contributed by atoms with Crippen LogP contribution in [0.5, 0.6) is 0 Å². The lowest BCUT2D eigenvalue weighted by Gasteiger charge is -2.23. The van der Waals surface area contributed by atoms with Crippen LogP contribution < -0.4 is 5.32 Å². The molecule has 0 aliphatic carbocycles. The Morgan fingerprint density at radius 1 is 1.10 bits per heavy atom. The Labute approximate surface area is 120 Å². The van der Waals surface area contributed by atoms with Crippen molar-refractivity contribution in [3.05, 3.63) is 29.8 Å². The summed E-state index contributed by atoms with van der Waals surface area (Å²) in [6, 6.07) is 7.77. The Morgan fingerprint density at radius 3 is 2.30 bits per heavy atom. The molecule has 110 valence electrons. The molecule has 4 heteroatoms. The molecule has 0 aromatic heterocycles. The van der Waals surface area contributed by atoms with Crippen molar-refractivity contribution in [2.75, 3.05) is 5.32 Å². The Kier molecular flexibility index (Phi) is 5.74. The zero-order valence-corrected chi connectivity index (χ0v) is 12.4. The van der Waals surface area contributed by atoms with Crippen LogP contribution in [0.4, 0.5) is 5.69 Å². The number of carbonyl (C=O) groups excluding carboxylic acids is 1. The fourth-order valence-corrected chi connectivity index (χ4v) is 2.02. The van der Waals surface area contributed by atoms with E-state index in [0.717, 1.165) is 11.3 Å². The molecule has 2 N–H and O–H groups in total. The number of amides is 1. The number of anilines is 1. The molecule has 0 unspecified atom stereocenters. The number of unbranched alkanes of at least 4 members (excludes halogenated alkanes) is 1. The van der Waals surface area contributed by atoms with Gasteiger partial charge in [-0.2, -0.15) is 0 Å². The van der Waals surface area contributed by atoms with Gasteiger partial charge in [0.15, 0.2) is 0 Å². The number of benzene rings is 1. The maximum atomic E-state index is 11.9. The molecule has 0 bridgehead atoms. The lowest BCUT2D eigenvalue weighted by Crippen LogP contribution is -2.18. The zero-order valence-electron chi connectivity index (χ0n) is 12.4. The third-order valence-corrected chi connectivity index (χ3v) is 3.05. The maximum absolute atomic E-state index is 11.9. The van der Waals surface area contributed by atoms with Crippen LogP contribution >= 0.6 is 0 Å². The molecule has 1 rings (SSSR count). The average molecular weight is 277 g/mol. The van der Waals surface area contributed by atoms with Gasteiger partial charge in [0.25, 0.3) is 0 Å². The van der Waals surface area contributed by atoms with E-state index in [1.807, 2.05) is 24.3 Å². The molecule has 0 aliphatic rings. The highest BCUT2D eigenvalue weighted by atomic mass is 16.4. The van der Waals surface area contributed by atoms with E-state index in [1.54, 1.807) is 0 Å². The first-order chi connectivity index (χ1) is 9.30. The summed E-state index contributed by atoms with van der Waals surface area (Å²) in [5, 5.41) is 11.5. The van der Waals surface area contributed by atoms with Crippen molar-refractivity contribution in [3.8, 4) is 0 Å². The summed E-state index contributed by atoms with van der Waals surface area (Å²) in [4.78, 5) is 22.3. The second-order valence-electron chi connectivity index (χ2n) is 5.94. The average Bonchev–Trinajstić information content (AvgIpc) is 2.34. The molecule has 0 atom stereocenters. The normalized spacial score (nSPS) is 11.2. The fourth-order valence-electron chi connectivity index (χ4n) is 2.02. The number of para-hydroxylation sites is 1. The molecule has 0 fully saturated rings. The van der Waals surface area contributed by atoms with Gasteiger partial charge in [0, 0.05) is 18.5 Å². The first kappa shape index (κ1) is 16.2. The van der Waals surface area contributed by atoms with Crippen LogP contribution in [0.1, 0.15) is 52.0 Å². The standard InChI is InChI=1S/C16H23NO3/c1-16(2,3)12-8-4-5-9-13(12)17-14(18)10-6-7-11-15(19)20/h4-5,8-9H,6-7,10-11H2,1-3H3,(H,17,18)(H,19,20). The summed E-state index contributed by atoms with van der Waals surface area (Å²) in [5.41, 5.74) is 1.90. The Hall–Kier alpha value is -1.84. The number of carboxylic acid groups (broad SMARTS) is 1. The topological polar surface area (TPSA) is 66.4 Å². The SMILES string of the molecule is CC(C)(C)c1ccccc1NC(=O)CCCCC(=O)O. The monoisotopic (exact) mass is 277 g/mol. The quantitative estimate of drug-likeness (QED) is 0.781. The van der Waals surface area contributed by atoms with E-state index in [1.165, 1.54) is 0 Å². The van der Waals surface area contributed by atoms with Gasteiger partial charge in [-0.1, -0.05) is 39.0 Å². The molecular formula is C16H23NO3. The summed E-state index contributed by atoms with van der Waals surface area (Å²) >= 11 is 0. The number of carboxylic acids is 1. The molecule has 20 heavy (non-hydrogen) atoms. The van der Waals surface area contributed by atoms with Crippen LogP contribution in [0.15, 0.2) is 24.3 Å². The molecule has 0 heterocycles. The molecule has 1 aromatic carbocycles. The highest BCUT2D eigenvalue weighted by Crippen LogP contribution is 2.29. The number of hydrogen-bond donors (Lipinski definition) is 2. The number of carbonyl (C=O) groups is 2. The summed E-state index contributed by atoms with van der Waals surface area (Å²) in [5.74, 6) is -0.879. The number of hydrogen-bond acceptors (Lipinski definition) is 2. The van der Waals surface area contributed by atoms with Gasteiger partial charge in [-0.05, 0) is 29.9 Å². The smallest absolute Gasteiger partial charge is 0.303 e. The minimum atomic E-state index is -0.816. The van der Waals surface area contributed by atoms with Crippen LogP contribution in [0, 0.1) is 0 Å². The van der Waals surface area contributed by atoms with Crippen molar-refractivity contribution in [1.29, 1.82) is 0 Å². The largest absolute Gasteiger partial charge is 0.481 e. The Balaban J connectivity index is 2.56. The number of aliphatic carboxylic acids is 1. The van der Waals surface area contributed by atoms with Gasteiger partial charge in [-0.25, -0.2) is 0 Å². The molecule has 1 aromatic rings. The van der Waals surface area contributed by atoms with Gasteiger partial charge >= 0.3 is 5.97 Å². The van der Waals surface area contributed by atoms with Crippen LogP contribution in [0.3, 0.4) is 0 Å². The van der Waals surface area contributed by atoms with Crippen molar-refractivity contribution in [2.45, 2.75) is 51.9 Å². The Morgan fingerprint density at radius 2 is 1.70 bits per heavy atom. The molecule has 0 aliphatic heterocycles. The van der Waals surface area contributed by atoms with Gasteiger partial charge < -0.3 is 10.4 Å². The van der Waals surface area contributed by atoms with Crippen molar-refractivity contribution in [3.63, 3.8) is 0 Å². The minimum Gasteiger partial charge on any atom is -0.481 e. The molecule has 0 saturated carbocycles. The molecule has 0 saturated heterocycles. The van der Waals surface area contributed by atoms with Crippen LogP contribution in [-0.2, 0) is 15.0 Å². The van der Waals surface area contributed by atoms with Gasteiger partial charge in [0.05, 0.1) is 0 Å². The molecule has 4 nitrogen and oxygen atoms in total. The van der Waals surface area contributed by atoms with E-state index in [-0.39, 0.29) is 17.7 Å². The number of rotatable bonds is 6. The van der Waals surface area contributed by atoms with E-state index in [9.17, 15) is 9.59 Å². The van der Waals surface area contributed by atoms with Crippen molar-refractivity contribution in [2.24, 2.45) is 0 Å². The summed E-state index contributed by atoms with van der Waals surface area (Å²) in [7, 11) is 0. The first-order valence-electron chi connectivity index (χ1n) is 6.92. The predicted molar refractivity (Wildman–Crippen MR) is 79.9 cm³/mol. The summed E-state index contributed by atoms with van der Waals surface area (Å²) in [6.07, 6.45) is 1.59. The highest BCUT2D eigenvalue weighted by Gasteiger charge is 2.18. The van der Waals surface area contributed by atoms with Gasteiger partial charge in [-0.3, -0.25) is 9.59 Å². The van der Waals surface area contributed by atoms with E-state index in [2.05, 4.69) is 26.1 Å². The summed E-state index contributed by atoms with van der Waals surface area (Å²) in [6.45, 7) is 6.31. The van der Waals surface area contributed by atoms with Gasteiger partial charge in [0.2, 0.25) is 5.91 Å². The van der Waals surface area contributed by atoms with E-state index >= 15 is 0 Å². The second kappa shape index (κ2) is 7.08. The van der Waals surface area contributed by atoms with Crippen LogP contribution in [0.2, 0.25) is 0 Å². The van der Waals surface area contributed by atoms with Crippen molar-refractivity contribution < 1.29 is 14.7 Å².